The monoisotopic (exact) mass is 764 g/mol. The molecule has 0 amide bonds. The lowest BCUT2D eigenvalue weighted by atomic mass is 9.96. The van der Waals surface area contributed by atoms with Gasteiger partial charge in [0, 0.05) is 38.2 Å². The third kappa shape index (κ3) is 4.84. The van der Waals surface area contributed by atoms with E-state index in [9.17, 15) is 0 Å². The van der Waals surface area contributed by atoms with Gasteiger partial charge in [-0.2, -0.15) is 0 Å². The molecular formula is C55H32N4O. The molecule has 0 bridgehead atoms. The highest BCUT2D eigenvalue weighted by molar-refractivity contribution is 6.22. The van der Waals surface area contributed by atoms with Gasteiger partial charge in [-0.1, -0.05) is 152 Å². The van der Waals surface area contributed by atoms with E-state index in [1.54, 1.807) is 0 Å². The molecule has 0 fully saturated rings. The van der Waals surface area contributed by atoms with E-state index >= 15 is 0 Å². The van der Waals surface area contributed by atoms with Gasteiger partial charge in [0.1, 0.15) is 11.2 Å². The lowest BCUT2D eigenvalue weighted by molar-refractivity contribution is 0.672. The van der Waals surface area contributed by atoms with Gasteiger partial charge < -0.3 is 8.98 Å². The molecule has 0 aliphatic rings. The fourth-order valence-electron chi connectivity index (χ4n) is 9.49. The summed E-state index contributed by atoms with van der Waals surface area (Å²) < 4.78 is 9.30. The maximum absolute atomic E-state index is 6.90. The molecule has 0 saturated carbocycles. The van der Waals surface area contributed by atoms with Crippen LogP contribution in [0.15, 0.2) is 199 Å². The van der Waals surface area contributed by atoms with Crippen molar-refractivity contribution in [2.24, 2.45) is 0 Å². The smallest absolute Gasteiger partial charge is 0.164 e. The van der Waals surface area contributed by atoms with Crippen LogP contribution < -0.4 is 0 Å². The molecule has 13 rings (SSSR count). The van der Waals surface area contributed by atoms with Crippen molar-refractivity contribution in [3.8, 4) is 39.9 Å². The second-order valence-electron chi connectivity index (χ2n) is 15.5. The predicted molar refractivity (Wildman–Crippen MR) is 248 cm³/mol. The van der Waals surface area contributed by atoms with Gasteiger partial charge in [-0.3, -0.25) is 0 Å². The molecule has 60 heavy (non-hydrogen) atoms. The molecular weight excluding hydrogens is 733 g/mol. The summed E-state index contributed by atoms with van der Waals surface area (Å²) in [6, 6.07) is 68.5. The normalized spacial score (nSPS) is 12.0. The van der Waals surface area contributed by atoms with Gasteiger partial charge in [0.2, 0.25) is 0 Å². The first-order valence-electron chi connectivity index (χ1n) is 20.3. The molecule has 0 spiro atoms. The summed E-state index contributed by atoms with van der Waals surface area (Å²) in [5, 5.41) is 13.5. The number of hydrogen-bond donors (Lipinski definition) is 0. The Morgan fingerprint density at radius 3 is 1.72 bits per heavy atom. The van der Waals surface area contributed by atoms with Crippen molar-refractivity contribution in [2.45, 2.75) is 0 Å². The summed E-state index contributed by atoms with van der Waals surface area (Å²) >= 11 is 0. The topological polar surface area (TPSA) is 56.7 Å². The molecule has 0 unspecified atom stereocenters. The lowest BCUT2D eigenvalue weighted by Gasteiger charge is -2.14. The van der Waals surface area contributed by atoms with Gasteiger partial charge in [-0.25, -0.2) is 15.0 Å². The van der Waals surface area contributed by atoms with Gasteiger partial charge in [0.05, 0.1) is 22.1 Å². The van der Waals surface area contributed by atoms with E-state index in [0.29, 0.717) is 17.5 Å². The third-order valence-corrected chi connectivity index (χ3v) is 12.2. The van der Waals surface area contributed by atoms with E-state index in [4.69, 9.17) is 19.4 Å². The molecule has 0 saturated heterocycles. The zero-order chi connectivity index (χ0) is 39.3. The Morgan fingerprint density at radius 2 is 0.933 bits per heavy atom. The molecule has 3 heterocycles. The van der Waals surface area contributed by atoms with Crippen LogP contribution in [0.25, 0.3) is 127 Å². The van der Waals surface area contributed by atoms with Crippen LogP contribution >= 0.6 is 0 Å². The van der Waals surface area contributed by atoms with Crippen LogP contribution in [0, 0.1) is 0 Å². The Bertz CT molecular complexity index is 3900. The minimum absolute atomic E-state index is 0.601. The maximum atomic E-state index is 6.90. The summed E-state index contributed by atoms with van der Waals surface area (Å²) in [6.45, 7) is 0. The van der Waals surface area contributed by atoms with Crippen LogP contribution in [0.3, 0.4) is 0 Å². The Morgan fingerprint density at radius 1 is 0.350 bits per heavy atom. The van der Waals surface area contributed by atoms with Crippen molar-refractivity contribution in [1.29, 1.82) is 0 Å². The zero-order valence-corrected chi connectivity index (χ0v) is 32.2. The van der Waals surface area contributed by atoms with Gasteiger partial charge in [-0.15, -0.1) is 0 Å². The first kappa shape index (κ1) is 32.9. The van der Waals surface area contributed by atoms with Crippen molar-refractivity contribution in [1.82, 2.24) is 19.5 Å². The molecule has 0 N–H and O–H groups in total. The number of furan rings is 1. The highest BCUT2D eigenvalue weighted by Crippen LogP contribution is 2.44. The third-order valence-electron chi connectivity index (χ3n) is 12.2. The summed E-state index contributed by atoms with van der Waals surface area (Å²) in [4.78, 5) is 15.9. The summed E-state index contributed by atoms with van der Waals surface area (Å²) in [5.41, 5.74) is 7.80. The fraction of sp³-hybridized carbons (Fsp3) is 0. The first-order chi connectivity index (χ1) is 29.7. The summed E-state index contributed by atoms with van der Waals surface area (Å²) in [5.74, 6) is 1.84. The van der Waals surface area contributed by atoms with Crippen LogP contribution in [0.4, 0.5) is 0 Å². The number of para-hydroxylation sites is 1. The molecule has 0 radical (unpaired) electrons. The maximum Gasteiger partial charge on any atom is 0.164 e. The van der Waals surface area contributed by atoms with Crippen molar-refractivity contribution in [3.05, 3.63) is 194 Å². The number of fused-ring (bicyclic) bond motifs is 12. The van der Waals surface area contributed by atoms with E-state index in [2.05, 4.69) is 180 Å². The molecule has 10 aromatic carbocycles. The van der Waals surface area contributed by atoms with Crippen LogP contribution in [-0.4, -0.2) is 19.5 Å². The fourth-order valence-corrected chi connectivity index (χ4v) is 9.49. The van der Waals surface area contributed by atoms with Gasteiger partial charge in [0.15, 0.2) is 17.5 Å². The van der Waals surface area contributed by atoms with E-state index < -0.39 is 0 Å². The largest absolute Gasteiger partial charge is 0.455 e. The molecule has 5 heteroatoms. The second-order valence-corrected chi connectivity index (χ2v) is 15.5. The minimum atomic E-state index is 0.601. The van der Waals surface area contributed by atoms with Crippen molar-refractivity contribution >= 4 is 86.8 Å². The van der Waals surface area contributed by atoms with Crippen LogP contribution in [0.2, 0.25) is 0 Å². The van der Waals surface area contributed by atoms with Crippen LogP contribution in [0.1, 0.15) is 0 Å². The highest BCUT2D eigenvalue weighted by atomic mass is 16.3. The van der Waals surface area contributed by atoms with Crippen molar-refractivity contribution in [2.75, 3.05) is 0 Å². The molecule has 278 valence electrons. The average Bonchev–Trinajstić information content (AvgIpc) is 3.86. The second kappa shape index (κ2) is 12.7. The zero-order valence-electron chi connectivity index (χ0n) is 32.2. The van der Waals surface area contributed by atoms with Crippen LogP contribution in [-0.2, 0) is 0 Å². The van der Waals surface area contributed by atoms with Crippen molar-refractivity contribution < 1.29 is 4.42 Å². The number of rotatable bonds is 4. The molecule has 0 aliphatic heterocycles. The number of hydrogen-bond acceptors (Lipinski definition) is 4. The lowest BCUT2D eigenvalue weighted by Crippen LogP contribution is -2.01. The average molecular weight is 765 g/mol. The number of benzene rings is 10. The highest BCUT2D eigenvalue weighted by Gasteiger charge is 2.23. The molecule has 13 aromatic rings. The number of nitrogens with zero attached hydrogens (tertiary/aromatic N) is 4. The Labute approximate surface area is 343 Å². The predicted octanol–water partition coefficient (Wildman–Crippen LogP) is 14.5. The SMILES string of the molecule is c1ccc(-c2nc(-c3cc4ccccc4c4ccccc34)nc(-c3cc4c(oc5cccc(-n6c7ccccc7c7cc8ccccc8cc76)c54)c4ccccc34)n2)cc1. The molecule has 3 aromatic heterocycles. The molecule has 0 aliphatic carbocycles. The molecule has 0 atom stereocenters. The van der Waals surface area contributed by atoms with Gasteiger partial charge in [0.25, 0.3) is 0 Å². The number of aromatic nitrogens is 4. The Kier molecular flexibility index (Phi) is 6.95. The van der Waals surface area contributed by atoms with Crippen LogP contribution in [0.5, 0.6) is 0 Å². The Hall–Kier alpha value is -8.15. The quantitative estimate of drug-likeness (QED) is 0.167. The van der Waals surface area contributed by atoms with E-state index in [1.807, 2.05) is 18.2 Å². The minimum Gasteiger partial charge on any atom is -0.455 e. The summed E-state index contributed by atoms with van der Waals surface area (Å²) in [6.07, 6.45) is 0. The molecule has 5 nitrogen and oxygen atoms in total. The summed E-state index contributed by atoms with van der Waals surface area (Å²) in [7, 11) is 0. The standard InChI is InChI=1S/C55H32N4O/c1-2-15-33(16-3-1)53-56-54(44-30-36-19-6-7-20-37(36)38-21-8-9-22-39(38)44)58-55(57-53)45-32-46-51-48(27-14-28-50(51)60-52(46)42-25-11-10-23-40(42)45)59-47-26-13-12-24-41(47)43-29-34-17-4-5-18-35(34)31-49(43)59/h1-32H. The van der Waals surface area contributed by atoms with E-state index in [-0.39, 0.29) is 0 Å². The Balaban J connectivity index is 1.13. The van der Waals surface area contributed by atoms with Crippen molar-refractivity contribution in [3.63, 3.8) is 0 Å². The van der Waals surface area contributed by atoms with E-state index in [0.717, 1.165) is 82.3 Å². The van der Waals surface area contributed by atoms with Gasteiger partial charge >= 0.3 is 0 Å². The van der Waals surface area contributed by atoms with Gasteiger partial charge in [-0.05, 0) is 80.2 Å². The van der Waals surface area contributed by atoms with E-state index in [1.165, 1.54) is 26.9 Å². The first-order valence-corrected chi connectivity index (χ1v) is 20.3.